The Kier molecular flexibility index (Phi) is 5.46. The molecule has 2 rings (SSSR count). The zero-order valence-electron chi connectivity index (χ0n) is 12.7. The van der Waals surface area contributed by atoms with Gasteiger partial charge in [0.2, 0.25) is 5.91 Å². The van der Waals surface area contributed by atoms with E-state index in [4.69, 9.17) is 10.5 Å². The molecule has 1 unspecified atom stereocenters. The van der Waals surface area contributed by atoms with Crippen LogP contribution in [-0.2, 0) is 9.53 Å². The summed E-state index contributed by atoms with van der Waals surface area (Å²) in [7, 11) is 1.55. The quantitative estimate of drug-likeness (QED) is 0.827. The van der Waals surface area contributed by atoms with E-state index in [2.05, 4.69) is 15.1 Å². The molecular formula is C14H23N5O2. The van der Waals surface area contributed by atoms with Crippen molar-refractivity contribution in [3.63, 3.8) is 0 Å². The Morgan fingerprint density at radius 1 is 1.33 bits per heavy atom. The van der Waals surface area contributed by atoms with E-state index in [1.165, 1.54) is 0 Å². The smallest absolute Gasteiger partial charge is 0.241 e. The second kappa shape index (κ2) is 7.33. The fourth-order valence-corrected chi connectivity index (χ4v) is 2.41. The van der Waals surface area contributed by atoms with Gasteiger partial charge in [-0.1, -0.05) is 0 Å². The molecule has 0 bridgehead atoms. The number of aromatic nitrogens is 2. The summed E-state index contributed by atoms with van der Waals surface area (Å²) in [5.41, 5.74) is 6.72. The fourth-order valence-electron chi connectivity index (χ4n) is 2.41. The van der Waals surface area contributed by atoms with Gasteiger partial charge in [0.25, 0.3) is 0 Å². The first-order valence-electron chi connectivity index (χ1n) is 7.20. The van der Waals surface area contributed by atoms with Crippen LogP contribution in [0.15, 0.2) is 12.1 Å². The summed E-state index contributed by atoms with van der Waals surface area (Å²) in [6.07, 6.45) is 0.890. The molecule has 1 amide bonds. The predicted octanol–water partition coefficient (Wildman–Crippen LogP) is -0.203. The van der Waals surface area contributed by atoms with Gasteiger partial charge < -0.3 is 20.3 Å². The molecule has 1 fully saturated rings. The molecule has 1 aromatic heterocycles. The molecule has 116 valence electrons. The van der Waals surface area contributed by atoms with Gasteiger partial charge in [-0.2, -0.15) is 5.10 Å². The highest BCUT2D eigenvalue weighted by Crippen LogP contribution is 2.13. The van der Waals surface area contributed by atoms with Crippen molar-refractivity contribution in [1.82, 2.24) is 15.1 Å². The molecule has 2 N–H and O–H groups in total. The Bertz CT molecular complexity index is 465. The SMILES string of the molecule is COCC(N)C(=O)N1CCCN(c2ccc(C)nn2)CC1. The topological polar surface area (TPSA) is 84.6 Å². The number of aryl methyl sites for hydroxylation is 1. The second-order valence-corrected chi connectivity index (χ2v) is 5.26. The third-order valence-corrected chi connectivity index (χ3v) is 3.58. The first-order valence-corrected chi connectivity index (χ1v) is 7.20. The Hall–Kier alpha value is -1.73. The third-order valence-electron chi connectivity index (χ3n) is 3.58. The second-order valence-electron chi connectivity index (χ2n) is 5.26. The molecule has 7 heteroatoms. The predicted molar refractivity (Wildman–Crippen MR) is 80.0 cm³/mol. The van der Waals surface area contributed by atoms with E-state index in [0.29, 0.717) is 13.1 Å². The van der Waals surface area contributed by atoms with Crippen LogP contribution in [-0.4, -0.2) is 66.9 Å². The zero-order valence-corrected chi connectivity index (χ0v) is 12.7. The molecule has 0 spiro atoms. The summed E-state index contributed by atoms with van der Waals surface area (Å²) < 4.78 is 4.95. The van der Waals surface area contributed by atoms with Crippen molar-refractivity contribution in [2.75, 3.05) is 44.8 Å². The molecule has 1 aromatic rings. The minimum Gasteiger partial charge on any atom is -0.383 e. The van der Waals surface area contributed by atoms with Crippen LogP contribution in [0.25, 0.3) is 0 Å². The normalized spacial score (nSPS) is 17.5. The molecule has 0 saturated carbocycles. The van der Waals surface area contributed by atoms with Gasteiger partial charge in [-0.15, -0.1) is 5.10 Å². The van der Waals surface area contributed by atoms with E-state index in [9.17, 15) is 4.79 Å². The Labute approximate surface area is 125 Å². The maximum absolute atomic E-state index is 12.2. The summed E-state index contributed by atoms with van der Waals surface area (Å²) in [6, 6.07) is 3.34. The first kappa shape index (κ1) is 15.7. The largest absolute Gasteiger partial charge is 0.383 e. The molecule has 0 radical (unpaired) electrons. The molecule has 0 aromatic carbocycles. The fraction of sp³-hybridized carbons (Fsp3) is 0.643. The molecule has 1 aliphatic rings. The van der Waals surface area contributed by atoms with Gasteiger partial charge in [0, 0.05) is 33.3 Å². The number of ether oxygens (including phenoxy) is 1. The summed E-state index contributed by atoms with van der Waals surface area (Å²) in [4.78, 5) is 16.2. The first-order chi connectivity index (χ1) is 10.1. The third kappa shape index (κ3) is 4.12. The van der Waals surface area contributed by atoms with Gasteiger partial charge in [-0.25, -0.2) is 0 Å². The summed E-state index contributed by atoms with van der Waals surface area (Å²) in [6.45, 7) is 5.13. The van der Waals surface area contributed by atoms with Gasteiger partial charge in [-0.05, 0) is 25.5 Å². The van der Waals surface area contributed by atoms with Crippen LogP contribution >= 0.6 is 0 Å². The Balaban J connectivity index is 1.95. The average Bonchev–Trinajstić information content (AvgIpc) is 2.73. The van der Waals surface area contributed by atoms with Crippen LogP contribution in [0.5, 0.6) is 0 Å². The van der Waals surface area contributed by atoms with E-state index in [-0.39, 0.29) is 12.5 Å². The van der Waals surface area contributed by atoms with Crippen molar-refractivity contribution in [2.24, 2.45) is 5.73 Å². The lowest BCUT2D eigenvalue weighted by Crippen LogP contribution is -2.47. The number of nitrogens with two attached hydrogens (primary N) is 1. The molecule has 1 atom stereocenters. The van der Waals surface area contributed by atoms with Crippen molar-refractivity contribution in [3.05, 3.63) is 17.8 Å². The average molecular weight is 293 g/mol. The van der Waals surface area contributed by atoms with Gasteiger partial charge in [0.1, 0.15) is 6.04 Å². The number of anilines is 1. The van der Waals surface area contributed by atoms with Gasteiger partial charge in [-0.3, -0.25) is 4.79 Å². The summed E-state index contributed by atoms with van der Waals surface area (Å²) >= 11 is 0. The maximum atomic E-state index is 12.2. The lowest BCUT2D eigenvalue weighted by molar-refractivity contribution is -0.133. The summed E-state index contributed by atoms with van der Waals surface area (Å²) in [5, 5.41) is 8.29. The molecule has 1 aliphatic heterocycles. The van der Waals surface area contributed by atoms with E-state index in [1.54, 1.807) is 7.11 Å². The van der Waals surface area contributed by atoms with E-state index >= 15 is 0 Å². The van der Waals surface area contributed by atoms with Crippen LogP contribution in [0.4, 0.5) is 5.82 Å². The number of carbonyl (C=O) groups is 1. The van der Waals surface area contributed by atoms with Crippen molar-refractivity contribution < 1.29 is 9.53 Å². The molecule has 1 saturated heterocycles. The lowest BCUT2D eigenvalue weighted by Gasteiger charge is -2.24. The highest BCUT2D eigenvalue weighted by Gasteiger charge is 2.24. The maximum Gasteiger partial charge on any atom is 0.241 e. The molecule has 0 aliphatic carbocycles. The highest BCUT2D eigenvalue weighted by molar-refractivity contribution is 5.81. The number of nitrogens with zero attached hydrogens (tertiary/aromatic N) is 4. The minimum absolute atomic E-state index is 0.0475. The van der Waals surface area contributed by atoms with Crippen molar-refractivity contribution in [2.45, 2.75) is 19.4 Å². The molecule has 2 heterocycles. The number of amides is 1. The van der Waals surface area contributed by atoms with E-state index in [1.807, 2.05) is 24.0 Å². The van der Waals surface area contributed by atoms with Gasteiger partial charge in [0.15, 0.2) is 5.82 Å². The number of hydrogen-bond donors (Lipinski definition) is 1. The molecule has 21 heavy (non-hydrogen) atoms. The van der Waals surface area contributed by atoms with Crippen LogP contribution in [0.2, 0.25) is 0 Å². The monoisotopic (exact) mass is 293 g/mol. The number of hydrogen-bond acceptors (Lipinski definition) is 6. The van der Waals surface area contributed by atoms with Gasteiger partial charge in [0.05, 0.1) is 12.3 Å². The highest BCUT2D eigenvalue weighted by atomic mass is 16.5. The van der Waals surface area contributed by atoms with Crippen LogP contribution in [0.3, 0.4) is 0 Å². The van der Waals surface area contributed by atoms with Crippen molar-refractivity contribution >= 4 is 11.7 Å². The van der Waals surface area contributed by atoms with Gasteiger partial charge >= 0.3 is 0 Å². The van der Waals surface area contributed by atoms with E-state index in [0.717, 1.165) is 31.0 Å². The number of carbonyl (C=O) groups excluding carboxylic acids is 1. The lowest BCUT2D eigenvalue weighted by atomic mass is 10.2. The van der Waals surface area contributed by atoms with Crippen molar-refractivity contribution in [3.8, 4) is 0 Å². The Morgan fingerprint density at radius 2 is 2.14 bits per heavy atom. The minimum atomic E-state index is -0.583. The summed E-state index contributed by atoms with van der Waals surface area (Å²) in [5.74, 6) is 0.810. The molecule has 7 nitrogen and oxygen atoms in total. The number of rotatable bonds is 4. The van der Waals surface area contributed by atoms with Crippen LogP contribution in [0.1, 0.15) is 12.1 Å². The van der Waals surface area contributed by atoms with Crippen LogP contribution in [0, 0.1) is 6.92 Å². The zero-order chi connectivity index (χ0) is 15.2. The van der Waals surface area contributed by atoms with Crippen molar-refractivity contribution in [1.29, 1.82) is 0 Å². The Morgan fingerprint density at radius 3 is 2.81 bits per heavy atom. The molecular weight excluding hydrogens is 270 g/mol. The van der Waals surface area contributed by atoms with E-state index < -0.39 is 6.04 Å². The standard InChI is InChI=1S/C14H23N5O2/c1-11-4-5-13(17-16-11)18-6-3-7-19(9-8-18)14(20)12(15)10-21-2/h4-5,12H,3,6-10,15H2,1-2H3. The van der Waals surface area contributed by atoms with Crippen LogP contribution < -0.4 is 10.6 Å². The number of methoxy groups -OCH3 is 1.